The van der Waals surface area contributed by atoms with Gasteiger partial charge < -0.3 is 14.9 Å². The van der Waals surface area contributed by atoms with Crippen molar-refractivity contribution in [1.82, 2.24) is 0 Å². The molecule has 0 bridgehead atoms. The number of carbonyl (C=O) groups excluding carboxylic acids is 1. The summed E-state index contributed by atoms with van der Waals surface area (Å²) in [5.41, 5.74) is 0. The van der Waals surface area contributed by atoms with Crippen molar-refractivity contribution in [1.29, 1.82) is 0 Å². The summed E-state index contributed by atoms with van der Waals surface area (Å²) in [6, 6.07) is 0. The van der Waals surface area contributed by atoms with Crippen molar-refractivity contribution in [2.75, 3.05) is 0 Å². The molecule has 2 N–H and O–H groups in total. The summed E-state index contributed by atoms with van der Waals surface area (Å²) < 4.78 is 4.77. The number of esters is 1. The Hall–Kier alpha value is -1.85. The maximum atomic E-state index is 10.9. The van der Waals surface area contributed by atoms with Gasteiger partial charge in [0.1, 0.15) is 12.0 Å². The zero-order chi connectivity index (χ0) is 12.7. The molecule has 0 spiro atoms. The molecule has 0 saturated carbocycles. The maximum absolute atomic E-state index is 10.9. The number of carboxylic acids is 2. The maximum Gasteiger partial charge on any atom is 0.330 e. The fraction of sp³-hybridized carbons (Fsp3) is 0.500. The van der Waals surface area contributed by atoms with Gasteiger partial charge in [0.25, 0.3) is 0 Å². The van der Waals surface area contributed by atoms with Crippen LogP contribution in [-0.4, -0.2) is 34.2 Å². The van der Waals surface area contributed by atoms with Crippen LogP contribution in [0.25, 0.3) is 0 Å². The molecule has 0 aromatic carbocycles. The van der Waals surface area contributed by atoms with E-state index in [2.05, 4.69) is 6.58 Å². The summed E-state index contributed by atoms with van der Waals surface area (Å²) in [6.07, 6.45) is -0.413. The van der Waals surface area contributed by atoms with Crippen molar-refractivity contribution < 1.29 is 29.3 Å². The molecule has 2 atom stereocenters. The highest BCUT2D eigenvalue weighted by Crippen LogP contribution is 2.17. The quantitative estimate of drug-likeness (QED) is 0.492. The summed E-state index contributed by atoms with van der Waals surface area (Å²) in [7, 11) is 0. The fourth-order valence-electron chi connectivity index (χ4n) is 1.21. The highest BCUT2D eigenvalue weighted by Gasteiger charge is 2.31. The van der Waals surface area contributed by atoms with Crippen LogP contribution in [0.2, 0.25) is 0 Å². The molecule has 0 aliphatic carbocycles. The van der Waals surface area contributed by atoms with Gasteiger partial charge >= 0.3 is 17.9 Å². The minimum Gasteiger partial charge on any atom is -0.481 e. The monoisotopic (exact) mass is 230 g/mol. The van der Waals surface area contributed by atoms with Crippen LogP contribution in [-0.2, 0) is 19.1 Å². The average Bonchev–Trinajstić information content (AvgIpc) is 2.21. The predicted molar refractivity (Wildman–Crippen MR) is 53.7 cm³/mol. The Kier molecular flexibility index (Phi) is 5.84. The lowest BCUT2D eigenvalue weighted by molar-refractivity contribution is -0.160. The third-order valence-corrected chi connectivity index (χ3v) is 2.00. The summed E-state index contributed by atoms with van der Waals surface area (Å²) >= 11 is 0. The normalized spacial score (nSPS) is 13.6. The van der Waals surface area contributed by atoms with E-state index >= 15 is 0 Å². The van der Waals surface area contributed by atoms with Crippen molar-refractivity contribution in [3.05, 3.63) is 12.7 Å². The number of hydrogen-bond donors (Lipinski definition) is 2. The molecule has 6 nitrogen and oxygen atoms in total. The predicted octanol–water partition coefficient (Wildman–Crippen LogP) is 0.670. The van der Waals surface area contributed by atoms with Gasteiger partial charge in [-0.05, 0) is 6.42 Å². The largest absolute Gasteiger partial charge is 0.481 e. The Balaban J connectivity index is 4.70. The second kappa shape index (κ2) is 6.60. The van der Waals surface area contributed by atoms with Crippen LogP contribution in [0.1, 0.15) is 19.8 Å². The van der Waals surface area contributed by atoms with E-state index in [1.54, 1.807) is 6.92 Å². The molecule has 6 heteroatoms. The molecule has 0 aromatic rings. The van der Waals surface area contributed by atoms with E-state index in [0.717, 1.165) is 6.08 Å². The van der Waals surface area contributed by atoms with Crippen LogP contribution in [0.4, 0.5) is 0 Å². The number of ether oxygens (including phenoxy) is 1. The molecule has 0 amide bonds. The minimum atomic E-state index is -1.30. The fourth-order valence-corrected chi connectivity index (χ4v) is 1.21. The first kappa shape index (κ1) is 14.2. The van der Waals surface area contributed by atoms with Crippen LogP contribution >= 0.6 is 0 Å². The Morgan fingerprint density at radius 1 is 1.38 bits per heavy atom. The third kappa shape index (κ3) is 4.59. The van der Waals surface area contributed by atoms with Crippen molar-refractivity contribution in [3.63, 3.8) is 0 Å². The molecule has 0 rings (SSSR count). The molecule has 0 aliphatic heterocycles. The SMILES string of the molecule is C=CC(=O)OC(CC)C(CC(=O)O)C(=O)O. The molecule has 2 unspecified atom stereocenters. The van der Waals surface area contributed by atoms with Crippen LogP contribution in [0, 0.1) is 5.92 Å². The molecule has 16 heavy (non-hydrogen) atoms. The van der Waals surface area contributed by atoms with Gasteiger partial charge in [-0.15, -0.1) is 0 Å². The van der Waals surface area contributed by atoms with Crippen LogP contribution < -0.4 is 0 Å². The number of carboxylic acid groups (broad SMARTS) is 2. The van der Waals surface area contributed by atoms with Crippen molar-refractivity contribution in [3.8, 4) is 0 Å². The first-order valence-corrected chi connectivity index (χ1v) is 4.70. The van der Waals surface area contributed by atoms with Crippen LogP contribution in [0.15, 0.2) is 12.7 Å². The molecular weight excluding hydrogens is 216 g/mol. The van der Waals surface area contributed by atoms with Crippen molar-refractivity contribution in [2.45, 2.75) is 25.9 Å². The summed E-state index contributed by atoms with van der Waals surface area (Å²) in [5.74, 6) is -4.55. The summed E-state index contributed by atoms with van der Waals surface area (Å²) in [4.78, 5) is 32.2. The molecule has 0 aromatic heterocycles. The number of aliphatic carboxylic acids is 2. The third-order valence-electron chi connectivity index (χ3n) is 2.00. The highest BCUT2D eigenvalue weighted by molar-refractivity contribution is 5.82. The van der Waals surface area contributed by atoms with Gasteiger partial charge in [-0.3, -0.25) is 9.59 Å². The van der Waals surface area contributed by atoms with E-state index in [1.165, 1.54) is 0 Å². The van der Waals surface area contributed by atoms with Crippen LogP contribution in [0.5, 0.6) is 0 Å². The molecule has 0 aliphatic rings. The summed E-state index contributed by atoms with van der Waals surface area (Å²) in [6.45, 7) is 4.78. The lowest BCUT2D eigenvalue weighted by Crippen LogP contribution is -2.33. The lowest BCUT2D eigenvalue weighted by atomic mass is 9.96. The standard InChI is InChI=1S/C10H14O6/c1-3-7(16-9(13)4-2)6(10(14)15)5-8(11)12/h4,6-7H,2-3,5H2,1H3,(H,11,12)(H,14,15). The second-order valence-corrected chi connectivity index (χ2v) is 3.13. The number of carbonyl (C=O) groups is 3. The Labute approximate surface area is 92.5 Å². The number of hydrogen-bond acceptors (Lipinski definition) is 4. The van der Waals surface area contributed by atoms with Gasteiger partial charge in [-0.1, -0.05) is 13.5 Å². The number of rotatable bonds is 7. The molecule has 0 fully saturated rings. The Bertz CT molecular complexity index is 296. The zero-order valence-corrected chi connectivity index (χ0v) is 8.88. The van der Waals surface area contributed by atoms with E-state index in [4.69, 9.17) is 14.9 Å². The Morgan fingerprint density at radius 2 is 1.94 bits per heavy atom. The Morgan fingerprint density at radius 3 is 2.25 bits per heavy atom. The van der Waals surface area contributed by atoms with Gasteiger partial charge in [0, 0.05) is 6.08 Å². The molecular formula is C10H14O6. The van der Waals surface area contributed by atoms with E-state index in [9.17, 15) is 14.4 Å². The lowest BCUT2D eigenvalue weighted by Gasteiger charge is -2.20. The first-order valence-electron chi connectivity index (χ1n) is 4.70. The van der Waals surface area contributed by atoms with E-state index in [1.807, 2.05) is 0 Å². The zero-order valence-electron chi connectivity index (χ0n) is 8.88. The topological polar surface area (TPSA) is 101 Å². The van der Waals surface area contributed by atoms with E-state index < -0.39 is 36.4 Å². The first-order chi connectivity index (χ1) is 7.42. The minimum absolute atomic E-state index is 0.226. The molecule has 0 heterocycles. The van der Waals surface area contributed by atoms with Crippen molar-refractivity contribution in [2.24, 2.45) is 5.92 Å². The van der Waals surface area contributed by atoms with Gasteiger partial charge in [-0.25, -0.2) is 4.79 Å². The van der Waals surface area contributed by atoms with Gasteiger partial charge in [0.05, 0.1) is 6.42 Å². The molecule has 90 valence electrons. The smallest absolute Gasteiger partial charge is 0.330 e. The van der Waals surface area contributed by atoms with Gasteiger partial charge in [0.15, 0.2) is 0 Å². The average molecular weight is 230 g/mol. The molecule has 0 saturated heterocycles. The van der Waals surface area contributed by atoms with E-state index in [-0.39, 0.29) is 6.42 Å². The van der Waals surface area contributed by atoms with Gasteiger partial charge in [-0.2, -0.15) is 0 Å². The van der Waals surface area contributed by atoms with Crippen LogP contribution in [0.3, 0.4) is 0 Å². The molecule has 0 radical (unpaired) electrons. The van der Waals surface area contributed by atoms with Crippen molar-refractivity contribution >= 4 is 17.9 Å². The summed E-state index contributed by atoms with van der Waals surface area (Å²) in [5, 5.41) is 17.4. The highest BCUT2D eigenvalue weighted by atomic mass is 16.5. The van der Waals surface area contributed by atoms with E-state index in [0.29, 0.717) is 0 Å². The second-order valence-electron chi connectivity index (χ2n) is 3.13. The van der Waals surface area contributed by atoms with Gasteiger partial charge in [0.2, 0.25) is 0 Å².